The molecule has 16 heavy (non-hydrogen) atoms. The van der Waals surface area contributed by atoms with E-state index in [2.05, 4.69) is 20.8 Å². The minimum atomic E-state index is 0. The molecule has 0 saturated heterocycles. The Hall–Kier alpha value is 0.604. The maximum absolute atomic E-state index is 9.57. The Labute approximate surface area is 132 Å². The Kier molecular flexibility index (Phi) is 15.3. The molecule has 0 aliphatic carbocycles. The Morgan fingerprint density at radius 3 is 1.75 bits per heavy atom. The van der Waals surface area contributed by atoms with Crippen LogP contribution in [0.2, 0.25) is 0 Å². The molecule has 0 atom stereocenters. The maximum Gasteiger partial charge on any atom is 3.00 e. The average Bonchev–Trinajstić information content (AvgIpc) is 1.92. The number of aromatic hydroxyl groups is 1. The van der Waals surface area contributed by atoms with Gasteiger partial charge in [-0.25, -0.2) is 0 Å². The third-order valence-electron chi connectivity index (χ3n) is 1.96. The van der Waals surface area contributed by atoms with Crippen LogP contribution in [-0.2, 0) is 27.1 Å². The van der Waals surface area contributed by atoms with E-state index in [-0.39, 0.29) is 64.4 Å². The second-order valence-electron chi connectivity index (χ2n) is 4.27. The molecule has 1 aromatic rings. The van der Waals surface area contributed by atoms with Crippen LogP contribution in [-0.4, -0.2) is 5.11 Å². The molecule has 0 heterocycles. The summed E-state index contributed by atoms with van der Waals surface area (Å²) in [6.07, 6.45) is 0. The van der Waals surface area contributed by atoms with Crippen molar-refractivity contribution in [2.45, 2.75) is 33.1 Å². The minimum absolute atomic E-state index is 0. The third-order valence-corrected chi connectivity index (χ3v) is 1.96. The van der Waals surface area contributed by atoms with Crippen molar-refractivity contribution in [2.75, 3.05) is 0 Å². The second kappa shape index (κ2) is 9.62. The van der Waals surface area contributed by atoms with Crippen molar-refractivity contribution in [3.05, 3.63) is 29.3 Å². The second-order valence-corrected chi connectivity index (χ2v) is 4.27. The fraction of sp³-hybridized carbons (Fsp3) is 0.455. The van der Waals surface area contributed by atoms with Crippen molar-refractivity contribution in [1.29, 1.82) is 0 Å². The van der Waals surface area contributed by atoms with Crippen LogP contribution in [0, 0.1) is 6.92 Å². The molecule has 1 nitrogen and oxygen atoms in total. The number of hydrogen-bond acceptors (Lipinski definition) is 1. The van der Waals surface area contributed by atoms with Crippen molar-refractivity contribution in [3.63, 3.8) is 0 Å². The maximum atomic E-state index is 9.57. The molecule has 0 amide bonds. The standard InChI is InChI=1S/C11H16O.3ClH.Ti/c1-8-5-6-10(12)9(7-8)11(2,3)4;;;;/h5-7,12H,1-4H3;3*1H;/q;;;;+3/p-3. The Balaban J connectivity index is -0.000000180. The fourth-order valence-electron chi connectivity index (χ4n) is 1.25. The summed E-state index contributed by atoms with van der Waals surface area (Å²) in [6.45, 7) is 8.33. The predicted molar refractivity (Wildman–Crippen MR) is 51.5 cm³/mol. The van der Waals surface area contributed by atoms with Gasteiger partial charge in [-0.05, 0) is 24.0 Å². The molecule has 0 fully saturated rings. The number of rotatable bonds is 0. The van der Waals surface area contributed by atoms with Gasteiger partial charge in [0.1, 0.15) is 5.75 Å². The van der Waals surface area contributed by atoms with Crippen LogP contribution in [0.25, 0.3) is 0 Å². The molecule has 0 aliphatic heterocycles. The third kappa shape index (κ3) is 7.03. The Morgan fingerprint density at radius 1 is 1.00 bits per heavy atom. The van der Waals surface area contributed by atoms with E-state index in [1.54, 1.807) is 6.07 Å². The van der Waals surface area contributed by atoms with Crippen LogP contribution >= 0.6 is 0 Å². The SMILES string of the molecule is Cc1ccc(O)c(C(C)(C)C)c1.[Cl-].[Cl-].[Cl-].[Ti+3]. The molecule has 0 aliphatic rings. The van der Waals surface area contributed by atoms with Crippen LogP contribution in [0.5, 0.6) is 5.75 Å². The van der Waals surface area contributed by atoms with Gasteiger partial charge in [0.05, 0.1) is 0 Å². The molecule has 5 heteroatoms. The van der Waals surface area contributed by atoms with E-state index < -0.39 is 0 Å². The first kappa shape index (κ1) is 25.4. The molecule has 1 radical (unpaired) electrons. The van der Waals surface area contributed by atoms with Crippen LogP contribution < -0.4 is 37.2 Å². The van der Waals surface area contributed by atoms with Gasteiger partial charge in [0, 0.05) is 0 Å². The van der Waals surface area contributed by atoms with Gasteiger partial charge in [0.25, 0.3) is 0 Å². The Bertz CT molecular complexity index is 298. The summed E-state index contributed by atoms with van der Waals surface area (Å²) in [5.74, 6) is 0.396. The molecule has 0 spiro atoms. The number of halogens is 3. The summed E-state index contributed by atoms with van der Waals surface area (Å²) >= 11 is 0. The quantitative estimate of drug-likeness (QED) is 0.472. The summed E-state index contributed by atoms with van der Waals surface area (Å²) in [5, 5.41) is 9.57. The first-order chi connectivity index (χ1) is 5.41. The first-order valence-electron chi connectivity index (χ1n) is 4.21. The van der Waals surface area contributed by atoms with Crippen molar-refractivity contribution in [3.8, 4) is 5.75 Å². The van der Waals surface area contributed by atoms with Crippen molar-refractivity contribution in [1.82, 2.24) is 0 Å². The zero-order valence-corrected chi connectivity index (χ0v) is 13.6. The van der Waals surface area contributed by atoms with E-state index >= 15 is 0 Å². The van der Waals surface area contributed by atoms with Gasteiger partial charge < -0.3 is 42.3 Å². The zero-order valence-electron chi connectivity index (χ0n) is 9.81. The average molecular weight is 318 g/mol. The smallest absolute Gasteiger partial charge is 1.00 e. The van der Waals surface area contributed by atoms with Crippen molar-refractivity contribution >= 4 is 0 Å². The molecule has 91 valence electrons. The zero-order chi connectivity index (χ0) is 9.35. The molecule has 1 aromatic carbocycles. The molecule has 0 bridgehead atoms. The van der Waals surface area contributed by atoms with Crippen LogP contribution in [0.4, 0.5) is 0 Å². The van der Waals surface area contributed by atoms with E-state index in [0.717, 1.165) is 5.56 Å². The monoisotopic (exact) mass is 317 g/mol. The summed E-state index contributed by atoms with van der Waals surface area (Å²) in [6, 6.07) is 5.72. The van der Waals surface area contributed by atoms with Crippen molar-refractivity contribution < 1.29 is 64.0 Å². The molecule has 0 aromatic heterocycles. The van der Waals surface area contributed by atoms with Gasteiger partial charge in [-0.15, -0.1) is 0 Å². The van der Waals surface area contributed by atoms with E-state index in [0.29, 0.717) is 5.75 Å². The Morgan fingerprint density at radius 2 is 1.44 bits per heavy atom. The number of phenols is 1. The van der Waals surface area contributed by atoms with Gasteiger partial charge in [-0.2, -0.15) is 0 Å². The van der Waals surface area contributed by atoms with E-state index in [1.807, 2.05) is 19.1 Å². The van der Waals surface area contributed by atoms with Gasteiger partial charge in [-0.3, -0.25) is 0 Å². The number of benzene rings is 1. The van der Waals surface area contributed by atoms with E-state index in [4.69, 9.17) is 0 Å². The first-order valence-corrected chi connectivity index (χ1v) is 4.21. The normalized spacial score (nSPS) is 8.75. The van der Waals surface area contributed by atoms with Crippen LogP contribution in [0.15, 0.2) is 18.2 Å². The molecular formula is C11H16Cl3OTi. The van der Waals surface area contributed by atoms with E-state index in [9.17, 15) is 5.11 Å². The summed E-state index contributed by atoms with van der Waals surface area (Å²) in [7, 11) is 0. The topological polar surface area (TPSA) is 20.2 Å². The van der Waals surface area contributed by atoms with Gasteiger partial charge >= 0.3 is 21.7 Å². The molecule has 1 rings (SSSR count). The molecule has 0 unspecified atom stereocenters. The van der Waals surface area contributed by atoms with Gasteiger partial charge in [-0.1, -0.05) is 38.5 Å². The van der Waals surface area contributed by atoms with Crippen molar-refractivity contribution in [2.24, 2.45) is 0 Å². The van der Waals surface area contributed by atoms with Crippen LogP contribution in [0.3, 0.4) is 0 Å². The van der Waals surface area contributed by atoms with Gasteiger partial charge in [0.15, 0.2) is 0 Å². The number of phenolic OH excluding ortho intramolecular Hbond substituents is 1. The predicted octanol–water partition coefficient (Wildman–Crippen LogP) is -5.99. The van der Waals surface area contributed by atoms with Gasteiger partial charge in [0.2, 0.25) is 0 Å². The summed E-state index contributed by atoms with van der Waals surface area (Å²) in [5.41, 5.74) is 2.23. The fourth-order valence-corrected chi connectivity index (χ4v) is 1.25. The minimum Gasteiger partial charge on any atom is -1.00 e. The molecule has 0 saturated carbocycles. The number of hydrogen-bond donors (Lipinski definition) is 1. The summed E-state index contributed by atoms with van der Waals surface area (Å²) < 4.78 is 0. The van der Waals surface area contributed by atoms with E-state index in [1.165, 1.54) is 5.56 Å². The molecular weight excluding hydrogens is 302 g/mol. The van der Waals surface area contributed by atoms with Crippen LogP contribution in [0.1, 0.15) is 31.9 Å². The number of aryl methyl sites for hydroxylation is 1. The molecule has 1 N–H and O–H groups in total. The summed E-state index contributed by atoms with van der Waals surface area (Å²) in [4.78, 5) is 0. The largest absolute Gasteiger partial charge is 3.00 e.